The molecule has 1 aromatic heterocycles. The minimum absolute atomic E-state index is 0.00771. The third-order valence-corrected chi connectivity index (χ3v) is 5.15. The van der Waals surface area contributed by atoms with Crippen molar-refractivity contribution in [3.63, 3.8) is 0 Å². The number of benzene rings is 1. The Morgan fingerprint density at radius 3 is 2.78 bits per heavy atom. The number of fused-ring (bicyclic) bond motifs is 1. The van der Waals surface area contributed by atoms with E-state index in [-0.39, 0.29) is 24.4 Å². The van der Waals surface area contributed by atoms with Gasteiger partial charge in [0.1, 0.15) is 11.1 Å². The average Bonchev–Trinajstić information content (AvgIpc) is 2.96. The van der Waals surface area contributed by atoms with Crippen LogP contribution in [0.25, 0.3) is 0 Å². The lowest BCUT2D eigenvalue weighted by molar-refractivity contribution is -0.115. The molecule has 0 saturated heterocycles. The zero-order valence-corrected chi connectivity index (χ0v) is 16.3. The molecule has 0 bridgehead atoms. The summed E-state index contributed by atoms with van der Waals surface area (Å²) < 4.78 is 11.5. The summed E-state index contributed by atoms with van der Waals surface area (Å²) in [6.07, 6.45) is 0.865. The summed E-state index contributed by atoms with van der Waals surface area (Å²) in [6.45, 7) is 5.66. The van der Waals surface area contributed by atoms with Crippen molar-refractivity contribution in [1.29, 1.82) is 5.26 Å². The van der Waals surface area contributed by atoms with E-state index in [1.807, 2.05) is 18.2 Å². The predicted molar refractivity (Wildman–Crippen MR) is 105 cm³/mol. The molecule has 1 aromatic carbocycles. The minimum Gasteiger partial charge on any atom is -0.490 e. The molecule has 142 valence electrons. The maximum absolute atomic E-state index is 12.3. The molecule has 3 rings (SSSR count). The summed E-state index contributed by atoms with van der Waals surface area (Å²) >= 11 is 1.34. The molecule has 1 aliphatic heterocycles. The Morgan fingerprint density at radius 2 is 2.04 bits per heavy atom. The van der Waals surface area contributed by atoms with E-state index in [9.17, 15) is 4.79 Å². The number of hydrogen-bond acceptors (Lipinski definition) is 6. The molecule has 2 aromatic rings. The monoisotopic (exact) mass is 385 g/mol. The maximum atomic E-state index is 12.3. The van der Waals surface area contributed by atoms with Crippen molar-refractivity contribution in [2.45, 2.75) is 26.3 Å². The van der Waals surface area contributed by atoms with Gasteiger partial charge in [0, 0.05) is 12.5 Å². The van der Waals surface area contributed by atoms with Gasteiger partial charge in [-0.3, -0.25) is 4.79 Å². The lowest BCUT2D eigenvalue weighted by Crippen LogP contribution is -2.33. The first kappa shape index (κ1) is 19.2. The molecular weight excluding hydrogens is 362 g/mol. The van der Waals surface area contributed by atoms with Crippen molar-refractivity contribution in [3.05, 3.63) is 40.8 Å². The molecule has 2 N–H and O–H groups in total. The molecule has 0 fully saturated rings. The highest BCUT2D eigenvalue weighted by molar-refractivity contribution is 7.14. The molecule has 2 heterocycles. The molecule has 0 aliphatic carbocycles. The van der Waals surface area contributed by atoms with Gasteiger partial charge in [0.2, 0.25) is 5.91 Å². The molecule has 1 aliphatic rings. The van der Waals surface area contributed by atoms with Crippen LogP contribution in [-0.2, 0) is 4.79 Å². The van der Waals surface area contributed by atoms with Crippen LogP contribution in [0.1, 0.15) is 37.4 Å². The molecule has 0 radical (unpaired) electrons. The molecule has 0 spiro atoms. The number of ether oxygens (including phenoxy) is 2. The van der Waals surface area contributed by atoms with Crippen molar-refractivity contribution in [1.82, 2.24) is 5.32 Å². The Labute approximate surface area is 163 Å². The van der Waals surface area contributed by atoms with E-state index in [1.165, 1.54) is 11.3 Å². The third-order valence-electron chi connectivity index (χ3n) is 4.32. The van der Waals surface area contributed by atoms with Crippen molar-refractivity contribution < 1.29 is 14.3 Å². The van der Waals surface area contributed by atoms with Gasteiger partial charge < -0.3 is 20.1 Å². The largest absolute Gasteiger partial charge is 0.490 e. The molecule has 6 nitrogen and oxygen atoms in total. The number of nitriles is 1. The third kappa shape index (κ3) is 4.79. The van der Waals surface area contributed by atoms with Gasteiger partial charge in [0.05, 0.1) is 25.3 Å². The van der Waals surface area contributed by atoms with Gasteiger partial charge in [-0.1, -0.05) is 19.9 Å². The Morgan fingerprint density at radius 1 is 1.26 bits per heavy atom. The van der Waals surface area contributed by atoms with Crippen LogP contribution in [0.5, 0.6) is 11.5 Å². The number of nitrogens with zero attached hydrogens (tertiary/aromatic N) is 1. The van der Waals surface area contributed by atoms with Gasteiger partial charge in [-0.2, -0.15) is 5.26 Å². The quantitative estimate of drug-likeness (QED) is 0.792. The first-order valence-electron chi connectivity index (χ1n) is 8.99. The van der Waals surface area contributed by atoms with E-state index >= 15 is 0 Å². The molecule has 7 heteroatoms. The second-order valence-corrected chi connectivity index (χ2v) is 7.60. The highest BCUT2D eigenvalue weighted by atomic mass is 32.1. The van der Waals surface area contributed by atoms with Gasteiger partial charge in [-0.15, -0.1) is 11.3 Å². The van der Waals surface area contributed by atoms with Crippen molar-refractivity contribution in [2.24, 2.45) is 5.92 Å². The van der Waals surface area contributed by atoms with Gasteiger partial charge in [0.25, 0.3) is 0 Å². The zero-order valence-electron chi connectivity index (χ0n) is 15.5. The molecular formula is C20H23N3O3S. The van der Waals surface area contributed by atoms with Crippen molar-refractivity contribution in [3.8, 4) is 17.6 Å². The smallest absolute Gasteiger partial charge is 0.238 e. The SMILES string of the molecule is CC(C)[C@@H](NCC(=O)Nc1sccc1C#N)c1ccc2c(c1)OCCCO2. The number of carbonyl (C=O) groups is 1. The van der Waals surface area contributed by atoms with Crippen LogP contribution < -0.4 is 20.1 Å². The highest BCUT2D eigenvalue weighted by Gasteiger charge is 2.20. The summed E-state index contributed by atoms with van der Waals surface area (Å²) in [4.78, 5) is 12.3. The summed E-state index contributed by atoms with van der Waals surface area (Å²) in [5, 5.41) is 17.5. The summed E-state index contributed by atoms with van der Waals surface area (Å²) in [7, 11) is 0. The van der Waals surface area contributed by atoms with Crippen LogP contribution in [0.3, 0.4) is 0 Å². The van der Waals surface area contributed by atoms with E-state index in [4.69, 9.17) is 14.7 Å². The van der Waals surface area contributed by atoms with Crippen LogP contribution in [0.4, 0.5) is 5.00 Å². The van der Waals surface area contributed by atoms with Crippen LogP contribution in [0, 0.1) is 17.2 Å². The minimum atomic E-state index is -0.172. The lowest BCUT2D eigenvalue weighted by Gasteiger charge is -2.23. The maximum Gasteiger partial charge on any atom is 0.238 e. The standard InChI is InChI=1S/C20H23N3O3S/c1-13(2)19(14-4-5-16-17(10-14)26-8-3-7-25-16)22-12-18(24)23-20-15(11-21)6-9-27-20/h4-6,9-10,13,19,22H,3,7-8,12H2,1-2H3,(H,23,24)/t19-/m1/s1. The normalized spacial score (nSPS) is 14.3. The second-order valence-electron chi connectivity index (χ2n) is 6.68. The fraction of sp³-hybridized carbons (Fsp3) is 0.400. The predicted octanol–water partition coefficient (Wildman–Crippen LogP) is 3.71. The topological polar surface area (TPSA) is 83.4 Å². The number of thiophene rings is 1. The second kappa shape index (κ2) is 8.89. The summed E-state index contributed by atoms with van der Waals surface area (Å²) in [5.41, 5.74) is 1.53. The first-order chi connectivity index (χ1) is 13.1. The molecule has 27 heavy (non-hydrogen) atoms. The van der Waals surface area contributed by atoms with Crippen LogP contribution in [0.15, 0.2) is 29.6 Å². The Hall–Kier alpha value is -2.56. The lowest BCUT2D eigenvalue weighted by atomic mass is 9.95. The van der Waals surface area contributed by atoms with Gasteiger partial charge in [0.15, 0.2) is 11.5 Å². The Balaban J connectivity index is 1.67. The van der Waals surface area contributed by atoms with Gasteiger partial charge in [-0.05, 0) is 35.1 Å². The van der Waals surface area contributed by atoms with Crippen LogP contribution in [0.2, 0.25) is 0 Å². The van der Waals surface area contributed by atoms with E-state index in [0.29, 0.717) is 23.8 Å². The molecule has 0 saturated carbocycles. The van der Waals surface area contributed by atoms with Crippen molar-refractivity contribution in [2.75, 3.05) is 25.1 Å². The summed E-state index contributed by atoms with van der Waals surface area (Å²) in [6, 6.07) is 9.69. The van der Waals surface area contributed by atoms with Crippen molar-refractivity contribution >= 4 is 22.2 Å². The number of carbonyl (C=O) groups excluding carboxylic acids is 1. The summed E-state index contributed by atoms with van der Waals surface area (Å²) in [5.74, 6) is 1.62. The fourth-order valence-electron chi connectivity index (χ4n) is 2.98. The number of hydrogen-bond donors (Lipinski definition) is 2. The van der Waals surface area contributed by atoms with E-state index < -0.39 is 0 Å². The Bertz CT molecular complexity index is 841. The molecule has 1 amide bonds. The zero-order chi connectivity index (χ0) is 19.2. The van der Waals surface area contributed by atoms with E-state index in [1.54, 1.807) is 11.4 Å². The first-order valence-corrected chi connectivity index (χ1v) is 9.87. The van der Waals surface area contributed by atoms with Gasteiger partial charge >= 0.3 is 0 Å². The molecule has 1 atom stereocenters. The highest BCUT2D eigenvalue weighted by Crippen LogP contribution is 2.34. The molecule has 0 unspecified atom stereocenters. The average molecular weight is 385 g/mol. The van der Waals surface area contributed by atoms with Crippen LogP contribution >= 0.6 is 11.3 Å². The Kier molecular flexibility index (Phi) is 6.32. The fourth-order valence-corrected chi connectivity index (χ4v) is 3.73. The number of amides is 1. The number of rotatable bonds is 6. The number of anilines is 1. The number of nitrogens with one attached hydrogen (secondary N) is 2. The van der Waals surface area contributed by atoms with Gasteiger partial charge in [-0.25, -0.2) is 0 Å². The van der Waals surface area contributed by atoms with Crippen LogP contribution in [-0.4, -0.2) is 25.7 Å². The van der Waals surface area contributed by atoms with E-state index in [0.717, 1.165) is 23.5 Å². The van der Waals surface area contributed by atoms with E-state index in [2.05, 4.69) is 30.6 Å².